The SMILES string of the molecule is NC(CS)C(=O)O.[H-].[K+]. The molecule has 0 aliphatic carbocycles. The Hall–Kier alpha value is 1.42. The molecule has 0 aromatic heterocycles. The minimum Gasteiger partial charge on any atom is -1.00 e. The van der Waals surface area contributed by atoms with Crippen LogP contribution in [0.5, 0.6) is 0 Å². The van der Waals surface area contributed by atoms with Crippen molar-refractivity contribution in [1.82, 2.24) is 0 Å². The van der Waals surface area contributed by atoms with E-state index in [4.69, 9.17) is 10.8 Å². The van der Waals surface area contributed by atoms with Gasteiger partial charge in [0.2, 0.25) is 0 Å². The zero-order valence-electron chi connectivity index (χ0n) is 5.66. The van der Waals surface area contributed by atoms with E-state index in [1.165, 1.54) is 0 Å². The fraction of sp³-hybridized carbons (Fsp3) is 0.667. The average Bonchev–Trinajstić information content (AvgIpc) is 1.65. The van der Waals surface area contributed by atoms with Crippen LogP contribution in [0.15, 0.2) is 0 Å². The van der Waals surface area contributed by atoms with Crippen molar-refractivity contribution >= 4 is 18.6 Å². The largest absolute Gasteiger partial charge is 1.00 e. The molecule has 0 aliphatic rings. The molecule has 1 unspecified atom stereocenters. The first-order valence-electron chi connectivity index (χ1n) is 1.77. The molecule has 0 amide bonds. The molecule has 0 aromatic rings. The first-order valence-corrected chi connectivity index (χ1v) is 2.41. The monoisotopic (exact) mass is 161 g/mol. The molecule has 8 heavy (non-hydrogen) atoms. The van der Waals surface area contributed by atoms with Crippen LogP contribution in [-0.4, -0.2) is 22.9 Å². The quantitative estimate of drug-likeness (QED) is 0.290. The van der Waals surface area contributed by atoms with Crippen LogP contribution in [0.25, 0.3) is 0 Å². The van der Waals surface area contributed by atoms with Crippen LogP contribution >= 0.6 is 12.6 Å². The van der Waals surface area contributed by atoms with Crippen LogP contribution in [0.4, 0.5) is 0 Å². The van der Waals surface area contributed by atoms with Crippen molar-refractivity contribution in [2.75, 3.05) is 5.75 Å². The van der Waals surface area contributed by atoms with Gasteiger partial charge in [-0.25, -0.2) is 0 Å². The summed E-state index contributed by atoms with van der Waals surface area (Å²) in [4.78, 5) is 9.76. The molecule has 0 bridgehead atoms. The average molecular weight is 161 g/mol. The first kappa shape index (κ1) is 12.1. The Morgan fingerprint density at radius 3 is 2.38 bits per heavy atom. The number of nitrogens with two attached hydrogens (primary N) is 1. The number of hydrogen-bond acceptors (Lipinski definition) is 3. The number of carboxylic acids is 1. The second-order valence-electron chi connectivity index (χ2n) is 1.13. The minimum absolute atomic E-state index is 0. The van der Waals surface area contributed by atoms with Crippen LogP contribution in [0.3, 0.4) is 0 Å². The Kier molecular flexibility index (Phi) is 9.91. The van der Waals surface area contributed by atoms with E-state index in [0.717, 1.165) is 0 Å². The van der Waals surface area contributed by atoms with Gasteiger partial charge in [-0.15, -0.1) is 0 Å². The van der Waals surface area contributed by atoms with Gasteiger partial charge in [0.15, 0.2) is 0 Å². The number of carbonyl (C=O) groups is 1. The van der Waals surface area contributed by atoms with E-state index in [-0.39, 0.29) is 58.6 Å². The molecule has 3 N–H and O–H groups in total. The van der Waals surface area contributed by atoms with Gasteiger partial charge in [0.05, 0.1) is 0 Å². The fourth-order valence-electron chi connectivity index (χ4n) is 0.0781. The van der Waals surface area contributed by atoms with E-state index < -0.39 is 12.0 Å². The molecule has 0 aromatic carbocycles. The van der Waals surface area contributed by atoms with Gasteiger partial charge in [0, 0.05) is 5.75 Å². The Morgan fingerprint density at radius 1 is 2.00 bits per heavy atom. The number of thiol groups is 1. The third-order valence-electron chi connectivity index (χ3n) is 0.514. The standard InChI is InChI=1S/C3H7NO2S.K.H/c4-2(1-7)3(5)6;;/h2,7H,1,4H2,(H,5,6);;/q;+1;-1. The van der Waals surface area contributed by atoms with Gasteiger partial charge in [-0.2, -0.15) is 12.6 Å². The number of aliphatic carboxylic acids is 1. The maximum atomic E-state index is 9.76. The van der Waals surface area contributed by atoms with Gasteiger partial charge >= 0.3 is 57.4 Å². The smallest absolute Gasteiger partial charge is 1.00 e. The van der Waals surface area contributed by atoms with E-state index in [1.807, 2.05) is 0 Å². The topological polar surface area (TPSA) is 63.3 Å². The molecule has 0 saturated heterocycles. The van der Waals surface area contributed by atoms with Crippen molar-refractivity contribution < 1.29 is 62.7 Å². The van der Waals surface area contributed by atoms with Crippen molar-refractivity contribution in [2.24, 2.45) is 5.73 Å². The second-order valence-corrected chi connectivity index (χ2v) is 1.49. The summed E-state index contributed by atoms with van der Waals surface area (Å²) in [7, 11) is 0. The Morgan fingerprint density at radius 2 is 2.38 bits per heavy atom. The van der Waals surface area contributed by atoms with Crippen LogP contribution in [-0.2, 0) is 4.79 Å². The third kappa shape index (κ3) is 5.55. The summed E-state index contributed by atoms with van der Waals surface area (Å²) in [6.07, 6.45) is 0. The third-order valence-corrected chi connectivity index (χ3v) is 0.907. The molecule has 0 saturated carbocycles. The summed E-state index contributed by atoms with van der Waals surface area (Å²) >= 11 is 3.65. The van der Waals surface area contributed by atoms with Gasteiger partial charge in [0.25, 0.3) is 0 Å². The van der Waals surface area contributed by atoms with E-state index >= 15 is 0 Å². The summed E-state index contributed by atoms with van der Waals surface area (Å²) in [5.41, 5.74) is 4.94. The summed E-state index contributed by atoms with van der Waals surface area (Å²) < 4.78 is 0. The van der Waals surface area contributed by atoms with Crippen molar-refractivity contribution in [2.45, 2.75) is 6.04 Å². The van der Waals surface area contributed by atoms with Gasteiger partial charge in [-0.3, -0.25) is 4.79 Å². The Labute approximate surface area is 97.3 Å². The van der Waals surface area contributed by atoms with E-state index in [1.54, 1.807) is 0 Å². The predicted octanol–water partition coefficient (Wildman–Crippen LogP) is -3.56. The van der Waals surface area contributed by atoms with Crippen LogP contribution in [0.1, 0.15) is 1.43 Å². The van der Waals surface area contributed by atoms with E-state index in [2.05, 4.69) is 12.6 Å². The fourth-order valence-corrected chi connectivity index (χ4v) is 0.234. The zero-order chi connectivity index (χ0) is 5.86. The van der Waals surface area contributed by atoms with Crippen LogP contribution in [0.2, 0.25) is 0 Å². The molecular weight excluding hydrogens is 153 g/mol. The number of carboxylic acid groups (broad SMARTS) is 1. The molecule has 0 aliphatic heterocycles. The van der Waals surface area contributed by atoms with Crippen molar-refractivity contribution in [1.29, 1.82) is 0 Å². The molecule has 0 fully saturated rings. The molecule has 1 atom stereocenters. The molecule has 0 rings (SSSR count). The normalized spacial score (nSPS) is 11.8. The van der Waals surface area contributed by atoms with Gasteiger partial charge < -0.3 is 12.3 Å². The van der Waals surface area contributed by atoms with Crippen molar-refractivity contribution in [3.8, 4) is 0 Å². The predicted molar refractivity (Wildman–Crippen MR) is 30.6 cm³/mol. The maximum Gasteiger partial charge on any atom is 1.00 e. The maximum absolute atomic E-state index is 9.76. The summed E-state index contributed by atoms with van der Waals surface area (Å²) in [5.74, 6) is -0.815. The summed E-state index contributed by atoms with van der Waals surface area (Å²) in [5, 5.41) is 8.01. The number of rotatable bonds is 2. The second kappa shape index (κ2) is 6.54. The molecule has 3 nitrogen and oxygen atoms in total. The summed E-state index contributed by atoms with van der Waals surface area (Å²) in [6, 6.07) is -0.816. The molecule has 0 spiro atoms. The van der Waals surface area contributed by atoms with Crippen molar-refractivity contribution in [3.05, 3.63) is 0 Å². The minimum atomic E-state index is -1.00. The molecule has 44 valence electrons. The van der Waals surface area contributed by atoms with Gasteiger partial charge in [-0.05, 0) is 0 Å². The first-order chi connectivity index (χ1) is 3.18. The molecule has 5 heteroatoms. The zero-order valence-corrected chi connectivity index (χ0v) is 8.68. The Balaban J connectivity index is -0.000000180. The van der Waals surface area contributed by atoms with Crippen molar-refractivity contribution in [3.63, 3.8) is 0 Å². The molecular formula is C3H8KNO2S. The van der Waals surface area contributed by atoms with E-state index in [9.17, 15) is 4.79 Å². The van der Waals surface area contributed by atoms with Gasteiger partial charge in [-0.1, -0.05) is 0 Å². The molecule has 0 radical (unpaired) electrons. The molecule has 0 heterocycles. The number of hydrogen-bond donors (Lipinski definition) is 3. The van der Waals surface area contributed by atoms with Crippen LogP contribution < -0.4 is 57.1 Å². The van der Waals surface area contributed by atoms with E-state index in [0.29, 0.717) is 0 Å². The summed E-state index contributed by atoms with van der Waals surface area (Å²) in [6.45, 7) is 0. The Bertz CT molecular complexity index is 84.2. The van der Waals surface area contributed by atoms with Gasteiger partial charge in [0.1, 0.15) is 6.04 Å². The van der Waals surface area contributed by atoms with Crippen LogP contribution in [0, 0.1) is 0 Å².